The minimum atomic E-state index is -5.69. The predicted molar refractivity (Wildman–Crippen MR) is 97.2 cm³/mol. The van der Waals surface area contributed by atoms with Crippen LogP contribution in [0.25, 0.3) is 0 Å². The Hall–Kier alpha value is -0.870. The van der Waals surface area contributed by atoms with Gasteiger partial charge in [-0.15, -0.1) is 0 Å². The van der Waals surface area contributed by atoms with Gasteiger partial charge in [-0.05, 0) is 0 Å². The third-order valence-electron chi connectivity index (χ3n) is 3.18. The van der Waals surface area contributed by atoms with E-state index in [-0.39, 0.29) is 19.3 Å². The molecule has 0 aliphatic carbocycles. The molecular formula is C16H18F3IO5S. The molecule has 1 saturated heterocycles. The summed E-state index contributed by atoms with van der Waals surface area (Å²) in [5.74, 6) is 2.68. The van der Waals surface area contributed by atoms with Gasteiger partial charge < -0.3 is 0 Å². The number of hydrogen-bond acceptors (Lipinski definition) is 5. The van der Waals surface area contributed by atoms with E-state index in [0.717, 1.165) is 19.3 Å². The molecule has 0 N–H and O–H groups in total. The van der Waals surface area contributed by atoms with Crippen LogP contribution in [0.5, 0.6) is 0 Å². The molecule has 26 heavy (non-hydrogen) atoms. The van der Waals surface area contributed by atoms with Crippen LogP contribution >= 0.6 is 20.2 Å². The molecule has 0 aromatic heterocycles. The number of ether oxygens (including phenoxy) is 2. The van der Waals surface area contributed by atoms with Gasteiger partial charge in [-0.3, -0.25) is 0 Å². The monoisotopic (exact) mass is 506 g/mol. The molecule has 0 spiro atoms. The van der Waals surface area contributed by atoms with Gasteiger partial charge in [-0.2, -0.15) is 0 Å². The van der Waals surface area contributed by atoms with E-state index in [1.54, 1.807) is 18.2 Å². The molecule has 0 amide bonds. The Kier molecular flexibility index (Phi) is 8.15. The van der Waals surface area contributed by atoms with E-state index in [1.165, 1.54) is 12.1 Å². The number of benzene rings is 1. The molecule has 146 valence electrons. The van der Waals surface area contributed by atoms with Gasteiger partial charge in [-0.1, -0.05) is 0 Å². The fourth-order valence-electron chi connectivity index (χ4n) is 1.95. The summed E-state index contributed by atoms with van der Waals surface area (Å²) in [5, 5.41) is 0. The molecule has 1 atom stereocenters. The quantitative estimate of drug-likeness (QED) is 0.252. The van der Waals surface area contributed by atoms with Gasteiger partial charge in [0.15, 0.2) is 0 Å². The molecule has 0 radical (unpaired) electrons. The average Bonchev–Trinajstić information content (AvgIpc) is 2.61. The van der Waals surface area contributed by atoms with Crippen LogP contribution in [0.2, 0.25) is 0 Å². The van der Waals surface area contributed by atoms with Crippen molar-refractivity contribution in [1.29, 1.82) is 0 Å². The molecule has 0 saturated carbocycles. The number of alkyl halides is 3. The topological polar surface area (TPSA) is 61.8 Å². The van der Waals surface area contributed by atoms with Crippen LogP contribution in [-0.2, 0) is 22.1 Å². The first-order valence-electron chi connectivity index (χ1n) is 7.77. The van der Waals surface area contributed by atoms with Crippen molar-refractivity contribution in [2.24, 2.45) is 0 Å². The van der Waals surface area contributed by atoms with E-state index in [4.69, 9.17) is 9.47 Å². The van der Waals surface area contributed by atoms with Crippen molar-refractivity contribution in [3.63, 3.8) is 0 Å². The number of rotatable bonds is 6. The van der Waals surface area contributed by atoms with E-state index in [0.29, 0.717) is 10.2 Å². The van der Waals surface area contributed by atoms with Crippen molar-refractivity contribution in [2.45, 2.75) is 37.5 Å². The fraction of sp³-hybridized carbons (Fsp3) is 0.500. The van der Waals surface area contributed by atoms with Crippen molar-refractivity contribution < 1.29 is 33.6 Å². The third kappa shape index (κ3) is 6.70. The molecule has 1 aromatic carbocycles. The second-order valence-corrected chi connectivity index (χ2v) is 11.0. The summed E-state index contributed by atoms with van der Waals surface area (Å²) < 4.78 is 78.7. The van der Waals surface area contributed by atoms with Gasteiger partial charge in [0.1, 0.15) is 0 Å². The van der Waals surface area contributed by atoms with Crippen molar-refractivity contribution in [3.05, 3.63) is 33.9 Å². The second kappa shape index (κ2) is 9.89. The molecule has 1 aliphatic rings. The van der Waals surface area contributed by atoms with Gasteiger partial charge in [0.25, 0.3) is 0 Å². The summed E-state index contributed by atoms with van der Waals surface area (Å²) in [7, 11) is -5.69. The Labute approximate surface area is 158 Å². The van der Waals surface area contributed by atoms with Crippen LogP contribution in [-0.4, -0.2) is 33.4 Å². The third-order valence-corrected chi connectivity index (χ3v) is 9.26. The van der Waals surface area contributed by atoms with Crippen LogP contribution in [0.1, 0.15) is 25.7 Å². The van der Waals surface area contributed by atoms with Crippen molar-refractivity contribution in [1.82, 2.24) is 0 Å². The van der Waals surface area contributed by atoms with Crippen molar-refractivity contribution in [3.8, 4) is 9.85 Å². The zero-order valence-electron chi connectivity index (χ0n) is 13.7. The first-order valence-corrected chi connectivity index (χ1v) is 12.2. The summed E-state index contributed by atoms with van der Waals surface area (Å²) in [5.41, 5.74) is -5.47. The van der Waals surface area contributed by atoms with Crippen LogP contribution in [0.15, 0.2) is 30.3 Å². The molecule has 1 fully saturated rings. The zero-order valence-corrected chi connectivity index (χ0v) is 16.6. The second-order valence-electron chi connectivity index (χ2n) is 5.20. The SMILES string of the molecule is O=S(=O)(OI(C#CCCOC1CCCCO1)c1ccccc1)C(F)(F)F. The van der Waals surface area contributed by atoms with Crippen molar-refractivity contribution >= 4 is 30.4 Å². The first-order chi connectivity index (χ1) is 12.3. The standard InChI is InChI=1S/C16H18F3IO5S/c17-16(18,19)26(21,22)25-20(14-8-2-1-3-9-14)11-5-7-13-24-15-10-4-6-12-23-15/h1-3,8-9,15H,4,6-7,10,12-13H2. The molecule has 0 bridgehead atoms. The van der Waals surface area contributed by atoms with Crippen LogP contribution in [0, 0.1) is 13.4 Å². The average molecular weight is 506 g/mol. The Balaban J connectivity index is 1.99. The first kappa shape index (κ1) is 21.4. The summed E-state index contributed by atoms with van der Waals surface area (Å²) >= 11 is -3.35. The van der Waals surface area contributed by atoms with Crippen molar-refractivity contribution in [2.75, 3.05) is 13.2 Å². The van der Waals surface area contributed by atoms with Crippen LogP contribution in [0.3, 0.4) is 0 Å². The molecule has 10 heteroatoms. The molecule has 2 rings (SSSR count). The van der Waals surface area contributed by atoms with E-state index in [1.807, 2.05) is 0 Å². The Bertz CT molecular complexity index is 722. The predicted octanol–water partition coefficient (Wildman–Crippen LogP) is 4.04. The summed E-state index contributed by atoms with van der Waals surface area (Å²) in [4.78, 5) is 0. The van der Waals surface area contributed by atoms with Gasteiger partial charge in [-0.25, -0.2) is 0 Å². The summed E-state index contributed by atoms with van der Waals surface area (Å²) in [6.45, 7) is 0.895. The van der Waals surface area contributed by atoms with E-state index < -0.39 is 35.9 Å². The molecular weight excluding hydrogens is 488 g/mol. The fourth-order valence-corrected chi connectivity index (χ4v) is 7.21. The van der Waals surface area contributed by atoms with E-state index in [2.05, 4.69) is 12.4 Å². The number of hydrogen-bond donors (Lipinski definition) is 0. The maximum absolute atomic E-state index is 12.6. The van der Waals surface area contributed by atoms with E-state index >= 15 is 0 Å². The normalized spacial score (nSPS) is 18.7. The van der Waals surface area contributed by atoms with Gasteiger partial charge >= 0.3 is 158 Å². The van der Waals surface area contributed by atoms with E-state index in [9.17, 15) is 21.6 Å². The minimum absolute atomic E-state index is 0.246. The number of halogens is 4. The molecule has 5 nitrogen and oxygen atoms in total. The van der Waals surface area contributed by atoms with Crippen LogP contribution in [0.4, 0.5) is 13.2 Å². The van der Waals surface area contributed by atoms with Gasteiger partial charge in [0.2, 0.25) is 0 Å². The summed E-state index contributed by atoms with van der Waals surface area (Å²) in [6, 6.07) is 7.88. The molecule has 1 aliphatic heterocycles. The molecule has 1 unspecified atom stereocenters. The summed E-state index contributed by atoms with van der Waals surface area (Å²) in [6.07, 6.45) is 2.77. The van der Waals surface area contributed by atoms with Crippen LogP contribution < -0.4 is 0 Å². The Morgan fingerprint density at radius 3 is 2.58 bits per heavy atom. The molecule has 1 aromatic rings. The van der Waals surface area contributed by atoms with Gasteiger partial charge in [0, 0.05) is 0 Å². The zero-order chi connectivity index (χ0) is 19.0. The van der Waals surface area contributed by atoms with Gasteiger partial charge in [0.05, 0.1) is 0 Å². The Morgan fingerprint density at radius 2 is 1.96 bits per heavy atom. The molecule has 1 heterocycles. The Morgan fingerprint density at radius 1 is 1.23 bits per heavy atom. The maximum atomic E-state index is 12.6.